The first-order valence-corrected chi connectivity index (χ1v) is 10.2. The van der Waals surface area contributed by atoms with Crippen molar-refractivity contribution in [2.75, 3.05) is 24.3 Å². The average Bonchev–Trinajstić information content (AvgIpc) is 3.30. The topological polar surface area (TPSA) is 79.2 Å². The minimum Gasteiger partial charge on any atom is -0.347 e. The highest BCUT2D eigenvalue weighted by Crippen LogP contribution is 2.47. The van der Waals surface area contributed by atoms with Crippen LogP contribution in [-0.2, 0) is 13.5 Å². The van der Waals surface area contributed by atoms with Gasteiger partial charge in [0.15, 0.2) is 0 Å². The molecule has 0 radical (unpaired) electrons. The van der Waals surface area contributed by atoms with Crippen LogP contribution in [0.2, 0.25) is 0 Å². The number of rotatable bonds is 4. The van der Waals surface area contributed by atoms with E-state index in [1.807, 2.05) is 67.5 Å². The van der Waals surface area contributed by atoms with Crippen molar-refractivity contribution < 1.29 is 4.79 Å². The van der Waals surface area contributed by atoms with Crippen LogP contribution in [0, 0.1) is 0 Å². The van der Waals surface area contributed by atoms with E-state index in [4.69, 9.17) is 9.97 Å². The van der Waals surface area contributed by atoms with Gasteiger partial charge in [0.25, 0.3) is 5.91 Å². The molecule has 2 aliphatic heterocycles. The van der Waals surface area contributed by atoms with E-state index in [0.29, 0.717) is 11.6 Å². The summed E-state index contributed by atoms with van der Waals surface area (Å²) in [5.74, 6) is 1.44. The largest absolute Gasteiger partial charge is 0.347 e. The Morgan fingerprint density at radius 1 is 1.13 bits per heavy atom. The Morgan fingerprint density at radius 2 is 1.93 bits per heavy atom. The van der Waals surface area contributed by atoms with Gasteiger partial charge in [0.1, 0.15) is 11.5 Å². The zero-order valence-corrected chi connectivity index (χ0v) is 17.4. The smallest absolute Gasteiger partial charge is 0.275 e. The second kappa shape index (κ2) is 7.12. The van der Waals surface area contributed by atoms with Crippen molar-refractivity contribution >= 4 is 23.4 Å². The number of aromatic nitrogens is 4. The molecule has 0 unspecified atom stereocenters. The minimum absolute atomic E-state index is 0.0175. The molecule has 5 rings (SSSR count). The Bertz CT molecular complexity index is 1090. The molecular formula is C22H25N7O. The van der Waals surface area contributed by atoms with E-state index in [0.717, 1.165) is 42.0 Å². The quantitative estimate of drug-likeness (QED) is 0.722. The molecule has 30 heavy (non-hydrogen) atoms. The second-order valence-electron chi connectivity index (χ2n) is 8.16. The van der Waals surface area contributed by atoms with Crippen molar-refractivity contribution in [2.24, 2.45) is 7.05 Å². The summed E-state index contributed by atoms with van der Waals surface area (Å²) in [4.78, 5) is 26.9. The lowest BCUT2D eigenvalue weighted by Gasteiger charge is -2.36. The van der Waals surface area contributed by atoms with Crippen molar-refractivity contribution in [1.82, 2.24) is 24.6 Å². The number of amides is 1. The van der Waals surface area contributed by atoms with E-state index < -0.39 is 0 Å². The van der Waals surface area contributed by atoms with Gasteiger partial charge in [-0.3, -0.25) is 9.48 Å². The van der Waals surface area contributed by atoms with Crippen molar-refractivity contribution in [3.05, 3.63) is 59.5 Å². The fourth-order valence-electron chi connectivity index (χ4n) is 4.52. The van der Waals surface area contributed by atoms with Gasteiger partial charge in [0.05, 0.1) is 11.7 Å². The Balaban J connectivity index is 1.58. The lowest BCUT2D eigenvalue weighted by molar-refractivity contribution is 0.0638. The van der Waals surface area contributed by atoms with Crippen LogP contribution in [0.25, 0.3) is 0 Å². The zero-order valence-electron chi connectivity index (χ0n) is 17.4. The molecule has 1 fully saturated rings. The molecule has 1 amide bonds. The summed E-state index contributed by atoms with van der Waals surface area (Å²) in [6.07, 6.45) is 4.41. The molecule has 2 aromatic heterocycles. The lowest BCUT2D eigenvalue weighted by Crippen LogP contribution is -2.43. The maximum absolute atomic E-state index is 13.3. The fourth-order valence-corrected chi connectivity index (χ4v) is 4.52. The van der Waals surface area contributed by atoms with Gasteiger partial charge in [0.2, 0.25) is 5.95 Å². The van der Waals surface area contributed by atoms with Gasteiger partial charge < -0.3 is 15.1 Å². The number of nitrogens with one attached hydrogen (secondary N) is 1. The van der Waals surface area contributed by atoms with Crippen LogP contribution in [-0.4, -0.2) is 50.7 Å². The summed E-state index contributed by atoms with van der Waals surface area (Å²) in [7, 11) is 5.72. The van der Waals surface area contributed by atoms with Gasteiger partial charge in [-0.25, -0.2) is 4.98 Å². The van der Waals surface area contributed by atoms with E-state index in [9.17, 15) is 4.79 Å². The molecular weight excluding hydrogens is 378 g/mol. The monoisotopic (exact) mass is 403 g/mol. The van der Waals surface area contributed by atoms with Crippen LogP contribution in [0.1, 0.15) is 40.6 Å². The Labute approximate surface area is 175 Å². The van der Waals surface area contributed by atoms with Gasteiger partial charge in [-0.05, 0) is 31.0 Å². The number of hydrogen-bond acceptors (Lipinski definition) is 6. The normalized spacial score (nSPS) is 19.5. The zero-order chi connectivity index (χ0) is 20.8. The number of fused-ring (bicyclic) bond motifs is 4. The maximum atomic E-state index is 13.3. The Hall–Kier alpha value is -3.42. The predicted octanol–water partition coefficient (Wildman–Crippen LogP) is 2.92. The maximum Gasteiger partial charge on any atom is 0.275 e. The summed E-state index contributed by atoms with van der Waals surface area (Å²) in [5.41, 5.74) is 3.51. The molecule has 4 heterocycles. The Kier molecular flexibility index (Phi) is 4.42. The van der Waals surface area contributed by atoms with Crippen LogP contribution in [0.3, 0.4) is 0 Å². The molecule has 3 aromatic rings. The third-order valence-corrected chi connectivity index (χ3v) is 5.88. The molecule has 2 bridgehead atoms. The van der Waals surface area contributed by atoms with Gasteiger partial charge >= 0.3 is 0 Å². The van der Waals surface area contributed by atoms with Crippen molar-refractivity contribution in [1.29, 1.82) is 0 Å². The molecule has 154 valence electrons. The molecule has 1 N–H and O–H groups in total. The van der Waals surface area contributed by atoms with Crippen LogP contribution in [0.5, 0.6) is 0 Å². The molecule has 0 saturated carbocycles. The lowest BCUT2D eigenvalue weighted by atomic mass is 9.97. The first-order chi connectivity index (χ1) is 14.5. The van der Waals surface area contributed by atoms with Crippen LogP contribution < -0.4 is 10.2 Å². The van der Waals surface area contributed by atoms with E-state index >= 15 is 0 Å². The fraction of sp³-hybridized carbons (Fsp3) is 0.364. The molecule has 8 heteroatoms. The summed E-state index contributed by atoms with van der Waals surface area (Å²) in [5, 5.41) is 7.82. The van der Waals surface area contributed by atoms with E-state index in [1.165, 1.54) is 0 Å². The molecule has 8 nitrogen and oxygen atoms in total. The third-order valence-electron chi connectivity index (χ3n) is 5.88. The molecule has 2 atom stereocenters. The highest BCUT2D eigenvalue weighted by atomic mass is 16.2. The van der Waals surface area contributed by atoms with Crippen LogP contribution in [0.4, 0.5) is 17.5 Å². The highest BCUT2D eigenvalue weighted by Gasteiger charge is 2.45. The number of hydrogen-bond donors (Lipinski definition) is 1. The SMILES string of the molecule is CN(C)c1nc2c(c(Nc3ccccc3)n1)[C@@H]1CC[C@@H](C2)N1C(=O)c1ccn(C)n1. The summed E-state index contributed by atoms with van der Waals surface area (Å²) < 4.78 is 1.67. The van der Waals surface area contributed by atoms with E-state index in [1.54, 1.807) is 10.7 Å². The molecule has 1 saturated heterocycles. The average molecular weight is 403 g/mol. The number of benzene rings is 1. The molecule has 0 spiro atoms. The first kappa shape index (κ1) is 18.6. The van der Waals surface area contributed by atoms with Crippen LogP contribution in [0.15, 0.2) is 42.6 Å². The summed E-state index contributed by atoms with van der Waals surface area (Å²) >= 11 is 0. The van der Waals surface area contributed by atoms with Crippen molar-refractivity contribution in [3.8, 4) is 0 Å². The first-order valence-electron chi connectivity index (χ1n) is 10.2. The summed E-state index contributed by atoms with van der Waals surface area (Å²) in [6, 6.07) is 11.9. The number of carbonyl (C=O) groups is 1. The van der Waals surface area contributed by atoms with Gasteiger partial charge in [-0.1, -0.05) is 18.2 Å². The highest BCUT2D eigenvalue weighted by molar-refractivity contribution is 5.93. The molecule has 1 aromatic carbocycles. The minimum atomic E-state index is -0.0457. The Morgan fingerprint density at radius 3 is 2.63 bits per heavy atom. The molecule has 2 aliphatic rings. The number of anilines is 3. The van der Waals surface area contributed by atoms with Gasteiger partial charge in [-0.15, -0.1) is 0 Å². The van der Waals surface area contributed by atoms with Gasteiger partial charge in [-0.2, -0.15) is 10.1 Å². The van der Waals surface area contributed by atoms with Crippen LogP contribution >= 0.6 is 0 Å². The molecule has 0 aliphatic carbocycles. The number of para-hydroxylation sites is 1. The number of nitrogens with zero attached hydrogens (tertiary/aromatic N) is 6. The van der Waals surface area contributed by atoms with Crippen molar-refractivity contribution in [3.63, 3.8) is 0 Å². The van der Waals surface area contributed by atoms with Gasteiger partial charge in [0, 0.05) is 51.1 Å². The van der Waals surface area contributed by atoms with E-state index in [-0.39, 0.29) is 18.0 Å². The number of carbonyl (C=O) groups excluding carboxylic acids is 1. The summed E-state index contributed by atoms with van der Waals surface area (Å²) in [6.45, 7) is 0. The second-order valence-corrected chi connectivity index (χ2v) is 8.16. The third kappa shape index (κ3) is 3.08. The van der Waals surface area contributed by atoms with Crippen molar-refractivity contribution in [2.45, 2.75) is 31.3 Å². The van der Waals surface area contributed by atoms with E-state index in [2.05, 4.69) is 10.4 Å². The predicted molar refractivity (Wildman–Crippen MR) is 115 cm³/mol. The standard InChI is InChI=1S/C22H25N7O/c1-27(2)22-24-17-13-15-9-10-18(29(15)21(30)16-11-12-28(3)26-16)19(17)20(25-22)23-14-7-5-4-6-8-14/h4-8,11-12,15,18H,9-10,13H2,1-3H3,(H,23,24,25)/t15-,18-/m0/s1. The number of aryl methyl sites for hydroxylation is 1.